The Bertz CT molecular complexity index is 421. The standard InChI is InChI=1S/C10H11ClN2O3/c1-16-9(14)5-13-10(15)6-2-3-8(12)7(11)4-6/h2-4H,5,12H2,1H3,(H,13,15). The number of nitrogen functional groups attached to an aromatic ring is 1. The van der Waals surface area contributed by atoms with Gasteiger partial charge in [0.1, 0.15) is 6.54 Å². The number of rotatable bonds is 3. The van der Waals surface area contributed by atoms with Crippen molar-refractivity contribution in [1.82, 2.24) is 5.32 Å². The molecule has 0 fully saturated rings. The van der Waals surface area contributed by atoms with Crippen LogP contribution in [0.2, 0.25) is 5.02 Å². The van der Waals surface area contributed by atoms with Crippen molar-refractivity contribution in [3.63, 3.8) is 0 Å². The molecule has 1 aromatic carbocycles. The number of nitrogens with one attached hydrogen (secondary N) is 1. The summed E-state index contributed by atoms with van der Waals surface area (Å²) in [5.74, 6) is -0.929. The summed E-state index contributed by atoms with van der Waals surface area (Å²) in [6.45, 7) is -0.183. The number of halogens is 1. The van der Waals surface area contributed by atoms with E-state index in [0.717, 1.165) is 0 Å². The van der Waals surface area contributed by atoms with Crippen molar-refractivity contribution in [2.75, 3.05) is 19.4 Å². The average molecular weight is 243 g/mol. The molecule has 86 valence electrons. The van der Waals surface area contributed by atoms with E-state index >= 15 is 0 Å². The number of carbonyl (C=O) groups is 2. The van der Waals surface area contributed by atoms with Crippen molar-refractivity contribution in [2.45, 2.75) is 0 Å². The minimum absolute atomic E-state index is 0.183. The molecule has 3 N–H and O–H groups in total. The maximum Gasteiger partial charge on any atom is 0.325 e. The Morgan fingerprint density at radius 1 is 1.50 bits per heavy atom. The molecule has 6 heteroatoms. The molecule has 0 spiro atoms. The van der Waals surface area contributed by atoms with Crippen LogP contribution in [0.3, 0.4) is 0 Å². The van der Waals surface area contributed by atoms with E-state index in [9.17, 15) is 9.59 Å². The van der Waals surface area contributed by atoms with Crippen molar-refractivity contribution >= 4 is 29.2 Å². The molecule has 1 amide bonds. The lowest BCUT2D eigenvalue weighted by molar-refractivity contribution is -0.139. The fourth-order valence-electron chi connectivity index (χ4n) is 0.995. The highest BCUT2D eigenvalue weighted by Gasteiger charge is 2.09. The smallest absolute Gasteiger partial charge is 0.325 e. The number of esters is 1. The lowest BCUT2D eigenvalue weighted by Gasteiger charge is -2.05. The van der Waals surface area contributed by atoms with E-state index in [4.69, 9.17) is 17.3 Å². The maximum absolute atomic E-state index is 11.5. The first-order valence-electron chi connectivity index (χ1n) is 4.44. The Morgan fingerprint density at radius 2 is 2.19 bits per heavy atom. The van der Waals surface area contributed by atoms with Gasteiger partial charge in [-0.2, -0.15) is 0 Å². The molecule has 16 heavy (non-hydrogen) atoms. The third-order valence-electron chi connectivity index (χ3n) is 1.88. The van der Waals surface area contributed by atoms with Gasteiger partial charge >= 0.3 is 5.97 Å². The Labute approximate surface area is 97.5 Å². The maximum atomic E-state index is 11.5. The summed E-state index contributed by atoms with van der Waals surface area (Å²) in [7, 11) is 1.24. The average Bonchev–Trinajstić information content (AvgIpc) is 2.29. The molecule has 0 atom stereocenters. The van der Waals surface area contributed by atoms with Gasteiger partial charge in [-0.05, 0) is 18.2 Å². The molecule has 0 aliphatic rings. The van der Waals surface area contributed by atoms with Gasteiger partial charge in [-0.15, -0.1) is 0 Å². The van der Waals surface area contributed by atoms with Crippen LogP contribution in [0.5, 0.6) is 0 Å². The molecule has 0 aromatic heterocycles. The van der Waals surface area contributed by atoms with E-state index in [-0.39, 0.29) is 6.54 Å². The lowest BCUT2D eigenvalue weighted by atomic mass is 10.2. The third kappa shape index (κ3) is 3.13. The topological polar surface area (TPSA) is 81.4 Å². The van der Waals surface area contributed by atoms with Gasteiger partial charge in [0.2, 0.25) is 0 Å². The predicted octanol–water partition coefficient (Wildman–Crippen LogP) is 0.825. The second-order valence-electron chi connectivity index (χ2n) is 3.00. The molecule has 0 bridgehead atoms. The molecule has 0 heterocycles. The first-order chi connectivity index (χ1) is 7.54. The fourth-order valence-corrected chi connectivity index (χ4v) is 1.18. The summed E-state index contributed by atoms with van der Waals surface area (Å²) in [6, 6.07) is 4.48. The molecule has 1 rings (SSSR count). The molecule has 0 saturated carbocycles. The Hall–Kier alpha value is -1.75. The summed E-state index contributed by atoms with van der Waals surface area (Å²) < 4.78 is 4.38. The number of anilines is 1. The van der Waals surface area contributed by atoms with Crippen LogP contribution in [-0.2, 0) is 9.53 Å². The molecule has 1 aromatic rings. The van der Waals surface area contributed by atoms with E-state index in [2.05, 4.69) is 10.1 Å². The third-order valence-corrected chi connectivity index (χ3v) is 2.21. The van der Waals surface area contributed by atoms with Gasteiger partial charge in [-0.1, -0.05) is 11.6 Å². The molecular weight excluding hydrogens is 232 g/mol. The number of amides is 1. The van der Waals surface area contributed by atoms with Crippen LogP contribution >= 0.6 is 11.6 Å². The number of nitrogens with two attached hydrogens (primary N) is 1. The zero-order chi connectivity index (χ0) is 12.1. The van der Waals surface area contributed by atoms with E-state index < -0.39 is 11.9 Å². The molecule has 5 nitrogen and oxygen atoms in total. The number of methoxy groups -OCH3 is 1. The Kier molecular flexibility index (Phi) is 4.13. The van der Waals surface area contributed by atoms with Crippen molar-refractivity contribution in [2.24, 2.45) is 0 Å². The summed E-state index contributed by atoms with van der Waals surface area (Å²) in [5, 5.41) is 2.68. The first kappa shape index (κ1) is 12.3. The van der Waals surface area contributed by atoms with Gasteiger partial charge in [0.05, 0.1) is 17.8 Å². The second-order valence-corrected chi connectivity index (χ2v) is 3.40. The molecule has 0 aliphatic carbocycles. The van der Waals surface area contributed by atoms with Crippen LogP contribution in [0.15, 0.2) is 18.2 Å². The molecule has 0 aliphatic heterocycles. The van der Waals surface area contributed by atoms with E-state index in [1.807, 2.05) is 0 Å². The first-order valence-corrected chi connectivity index (χ1v) is 4.82. The number of hydrogen-bond acceptors (Lipinski definition) is 4. The van der Waals surface area contributed by atoms with Gasteiger partial charge in [0.15, 0.2) is 0 Å². The van der Waals surface area contributed by atoms with Gasteiger partial charge in [0.25, 0.3) is 5.91 Å². The summed E-state index contributed by atoms with van der Waals surface area (Å²) in [5.41, 5.74) is 6.23. The quantitative estimate of drug-likeness (QED) is 0.608. The molecule has 0 radical (unpaired) electrons. The fraction of sp³-hybridized carbons (Fsp3) is 0.200. The second kappa shape index (κ2) is 5.37. The summed E-state index contributed by atoms with van der Waals surface area (Å²) >= 11 is 5.75. The molecular formula is C10H11ClN2O3. The zero-order valence-electron chi connectivity index (χ0n) is 8.62. The highest BCUT2D eigenvalue weighted by Crippen LogP contribution is 2.19. The number of ether oxygens (including phenoxy) is 1. The van der Waals surface area contributed by atoms with Crippen LogP contribution < -0.4 is 11.1 Å². The van der Waals surface area contributed by atoms with Gasteiger partial charge in [0, 0.05) is 5.56 Å². The van der Waals surface area contributed by atoms with Crippen LogP contribution in [0.4, 0.5) is 5.69 Å². The monoisotopic (exact) mass is 242 g/mol. The van der Waals surface area contributed by atoms with E-state index in [1.54, 1.807) is 0 Å². The Morgan fingerprint density at radius 3 is 2.75 bits per heavy atom. The SMILES string of the molecule is COC(=O)CNC(=O)c1ccc(N)c(Cl)c1. The minimum atomic E-state index is -0.519. The Balaban J connectivity index is 2.66. The largest absolute Gasteiger partial charge is 0.468 e. The van der Waals surface area contributed by atoms with E-state index in [0.29, 0.717) is 16.3 Å². The predicted molar refractivity (Wildman–Crippen MR) is 60.2 cm³/mol. The van der Waals surface area contributed by atoms with Crippen molar-refractivity contribution in [3.05, 3.63) is 28.8 Å². The highest BCUT2D eigenvalue weighted by molar-refractivity contribution is 6.33. The lowest BCUT2D eigenvalue weighted by Crippen LogP contribution is -2.30. The van der Waals surface area contributed by atoms with Crippen LogP contribution in [-0.4, -0.2) is 25.5 Å². The number of benzene rings is 1. The van der Waals surface area contributed by atoms with Crippen molar-refractivity contribution in [1.29, 1.82) is 0 Å². The van der Waals surface area contributed by atoms with Crippen molar-refractivity contribution < 1.29 is 14.3 Å². The zero-order valence-corrected chi connectivity index (χ0v) is 9.38. The van der Waals surface area contributed by atoms with E-state index in [1.165, 1.54) is 25.3 Å². The molecule has 0 unspecified atom stereocenters. The summed E-state index contributed by atoms with van der Waals surface area (Å²) in [6.07, 6.45) is 0. The number of carbonyl (C=O) groups excluding carboxylic acids is 2. The van der Waals surface area contributed by atoms with Crippen molar-refractivity contribution in [3.8, 4) is 0 Å². The van der Waals surface area contributed by atoms with Crippen LogP contribution in [0, 0.1) is 0 Å². The highest BCUT2D eigenvalue weighted by atomic mass is 35.5. The van der Waals surface area contributed by atoms with Gasteiger partial charge < -0.3 is 15.8 Å². The summed E-state index contributed by atoms with van der Waals surface area (Å²) in [4.78, 5) is 22.3. The minimum Gasteiger partial charge on any atom is -0.468 e. The van der Waals surface area contributed by atoms with Crippen LogP contribution in [0.25, 0.3) is 0 Å². The molecule has 0 saturated heterocycles. The van der Waals surface area contributed by atoms with Crippen LogP contribution in [0.1, 0.15) is 10.4 Å². The van der Waals surface area contributed by atoms with Gasteiger partial charge in [-0.3, -0.25) is 9.59 Å². The van der Waals surface area contributed by atoms with Gasteiger partial charge in [-0.25, -0.2) is 0 Å². The normalized spacial score (nSPS) is 9.62. The number of hydrogen-bond donors (Lipinski definition) is 2.